The molecule has 5 nitrogen and oxygen atoms in total. The number of ether oxygens (including phenoxy) is 1. The lowest BCUT2D eigenvalue weighted by atomic mass is 10.4. The van der Waals surface area contributed by atoms with Gasteiger partial charge >= 0.3 is 0 Å². The monoisotopic (exact) mass is 334 g/mol. The molecule has 122 valence electrons. The Balaban J connectivity index is 2.97. The van der Waals surface area contributed by atoms with E-state index in [-0.39, 0.29) is 6.04 Å². The average molecular weight is 335 g/mol. The van der Waals surface area contributed by atoms with Gasteiger partial charge in [-0.2, -0.15) is 4.31 Å². The molecule has 21 heavy (non-hydrogen) atoms. The molecule has 1 aromatic heterocycles. The van der Waals surface area contributed by atoms with Crippen molar-refractivity contribution in [3.8, 4) is 0 Å². The number of nitrogens with zero attached hydrogens (tertiary/aromatic N) is 1. The van der Waals surface area contributed by atoms with Gasteiger partial charge in [-0.15, -0.1) is 11.3 Å². The van der Waals surface area contributed by atoms with E-state index in [0.717, 1.165) is 17.8 Å². The second kappa shape index (κ2) is 8.85. The van der Waals surface area contributed by atoms with Crippen LogP contribution in [0.3, 0.4) is 0 Å². The molecule has 0 amide bonds. The lowest BCUT2D eigenvalue weighted by Crippen LogP contribution is -2.39. The molecule has 0 aliphatic carbocycles. The van der Waals surface area contributed by atoms with E-state index in [2.05, 4.69) is 12.2 Å². The summed E-state index contributed by atoms with van der Waals surface area (Å²) in [7, 11) is -1.89. The van der Waals surface area contributed by atoms with Crippen LogP contribution in [0, 0.1) is 0 Å². The third-order valence-electron chi connectivity index (χ3n) is 3.10. The van der Waals surface area contributed by atoms with Gasteiger partial charge in [0.1, 0.15) is 0 Å². The van der Waals surface area contributed by atoms with Gasteiger partial charge in [0.05, 0.1) is 11.5 Å². The van der Waals surface area contributed by atoms with Crippen molar-refractivity contribution >= 4 is 21.4 Å². The van der Waals surface area contributed by atoms with Crippen LogP contribution in [0.5, 0.6) is 0 Å². The minimum Gasteiger partial charge on any atom is -0.383 e. The fourth-order valence-electron chi connectivity index (χ4n) is 2.03. The highest BCUT2D eigenvalue weighted by molar-refractivity contribution is 7.89. The maximum absolute atomic E-state index is 12.8. The molecule has 0 fully saturated rings. The highest BCUT2D eigenvalue weighted by Gasteiger charge is 2.29. The van der Waals surface area contributed by atoms with Crippen molar-refractivity contribution in [3.05, 3.63) is 16.3 Å². The largest absolute Gasteiger partial charge is 0.383 e. The molecule has 0 atom stereocenters. The molecule has 0 radical (unpaired) electrons. The van der Waals surface area contributed by atoms with Gasteiger partial charge in [0.25, 0.3) is 0 Å². The van der Waals surface area contributed by atoms with E-state index in [0.29, 0.717) is 24.6 Å². The van der Waals surface area contributed by atoms with Crippen LogP contribution in [0.25, 0.3) is 0 Å². The number of hydrogen-bond acceptors (Lipinski definition) is 5. The van der Waals surface area contributed by atoms with Crippen molar-refractivity contribution in [2.75, 3.05) is 26.8 Å². The van der Waals surface area contributed by atoms with Crippen molar-refractivity contribution in [1.82, 2.24) is 9.62 Å². The lowest BCUT2D eigenvalue weighted by molar-refractivity contribution is 0.171. The molecule has 0 aliphatic rings. The van der Waals surface area contributed by atoms with Crippen LogP contribution in [-0.2, 0) is 21.3 Å². The summed E-state index contributed by atoms with van der Waals surface area (Å²) in [4.78, 5) is 1.28. The maximum Gasteiger partial charge on any atom is 0.244 e. The summed E-state index contributed by atoms with van der Waals surface area (Å²) in [5, 5.41) is 5.10. The molecule has 1 N–H and O–H groups in total. The molecule has 7 heteroatoms. The zero-order chi connectivity index (χ0) is 15.9. The number of hydrogen-bond donors (Lipinski definition) is 1. The highest BCUT2D eigenvalue weighted by atomic mass is 32.2. The van der Waals surface area contributed by atoms with E-state index in [4.69, 9.17) is 4.74 Å². The van der Waals surface area contributed by atoms with Crippen molar-refractivity contribution in [2.45, 2.75) is 44.7 Å². The molecular formula is C14H26N2O3S2. The minimum absolute atomic E-state index is 0.0958. The van der Waals surface area contributed by atoms with E-state index in [9.17, 15) is 8.42 Å². The van der Waals surface area contributed by atoms with Crippen molar-refractivity contribution in [2.24, 2.45) is 0 Å². The van der Waals surface area contributed by atoms with Crippen LogP contribution in [-0.4, -0.2) is 45.6 Å². The van der Waals surface area contributed by atoms with E-state index in [1.165, 1.54) is 15.6 Å². The summed E-state index contributed by atoms with van der Waals surface area (Å²) in [6.45, 7) is 8.10. The van der Waals surface area contributed by atoms with Crippen LogP contribution < -0.4 is 5.32 Å². The lowest BCUT2D eigenvalue weighted by Gasteiger charge is -2.25. The smallest absolute Gasteiger partial charge is 0.244 e. The van der Waals surface area contributed by atoms with E-state index in [1.54, 1.807) is 13.2 Å². The molecule has 1 rings (SSSR count). The Labute approximate surface area is 132 Å². The summed E-state index contributed by atoms with van der Waals surface area (Å²) >= 11 is 1.48. The van der Waals surface area contributed by atoms with Crippen LogP contribution in [0.4, 0.5) is 0 Å². The molecule has 0 bridgehead atoms. The molecule has 0 spiro atoms. The molecule has 0 aromatic carbocycles. The first-order chi connectivity index (χ1) is 9.95. The number of sulfonamides is 1. The first kappa shape index (κ1) is 18.6. The van der Waals surface area contributed by atoms with Gasteiger partial charge in [0.15, 0.2) is 0 Å². The summed E-state index contributed by atoms with van der Waals surface area (Å²) in [6, 6.07) is 1.60. The van der Waals surface area contributed by atoms with Gasteiger partial charge in [0, 0.05) is 31.1 Å². The first-order valence-electron chi connectivity index (χ1n) is 7.23. The molecular weight excluding hydrogens is 308 g/mol. The van der Waals surface area contributed by atoms with Gasteiger partial charge in [-0.3, -0.25) is 0 Å². The summed E-state index contributed by atoms with van der Waals surface area (Å²) in [5.74, 6) is 0. The summed E-state index contributed by atoms with van der Waals surface area (Å²) < 4.78 is 32.2. The van der Waals surface area contributed by atoms with E-state index in [1.807, 2.05) is 19.2 Å². The molecule has 0 saturated carbocycles. The van der Waals surface area contributed by atoms with Gasteiger partial charge in [-0.1, -0.05) is 6.92 Å². The van der Waals surface area contributed by atoms with Crippen LogP contribution in [0.1, 0.15) is 32.1 Å². The third-order valence-corrected chi connectivity index (χ3v) is 6.31. The predicted molar refractivity (Wildman–Crippen MR) is 87.2 cm³/mol. The van der Waals surface area contributed by atoms with Crippen molar-refractivity contribution in [1.29, 1.82) is 0 Å². The number of thiophene rings is 1. The fraction of sp³-hybridized carbons (Fsp3) is 0.714. The van der Waals surface area contributed by atoms with E-state index < -0.39 is 10.0 Å². The number of methoxy groups -OCH3 is 1. The standard InChI is InChI=1S/C14H26N2O3S2/c1-5-7-15-11-13-14(6-10-20-13)21(17,18)16(12(2)3)8-9-19-4/h6,10,12,15H,5,7-9,11H2,1-4H3. The van der Waals surface area contributed by atoms with Gasteiger partial charge in [0.2, 0.25) is 10.0 Å². The molecule has 1 aromatic rings. The van der Waals surface area contributed by atoms with Gasteiger partial charge < -0.3 is 10.1 Å². The zero-order valence-electron chi connectivity index (χ0n) is 13.3. The van der Waals surface area contributed by atoms with E-state index >= 15 is 0 Å². The quantitative estimate of drug-likeness (QED) is 0.667. The van der Waals surface area contributed by atoms with Crippen LogP contribution in [0.2, 0.25) is 0 Å². The Kier molecular flexibility index (Phi) is 7.83. The Hall–Kier alpha value is -0.470. The number of nitrogens with one attached hydrogen (secondary N) is 1. The normalized spacial score (nSPS) is 12.5. The van der Waals surface area contributed by atoms with Gasteiger partial charge in [-0.05, 0) is 38.3 Å². The fourth-order valence-corrected chi connectivity index (χ4v) is 5.04. The predicted octanol–water partition coefficient (Wildman–Crippen LogP) is 2.29. The minimum atomic E-state index is -3.47. The Morgan fingerprint density at radius 3 is 2.71 bits per heavy atom. The molecule has 0 unspecified atom stereocenters. The first-order valence-corrected chi connectivity index (χ1v) is 9.55. The highest BCUT2D eigenvalue weighted by Crippen LogP contribution is 2.26. The summed E-state index contributed by atoms with van der Waals surface area (Å²) in [5.41, 5.74) is 0. The molecule has 1 heterocycles. The molecule has 0 saturated heterocycles. The van der Waals surface area contributed by atoms with Gasteiger partial charge in [-0.25, -0.2) is 8.42 Å². The Morgan fingerprint density at radius 2 is 2.14 bits per heavy atom. The average Bonchev–Trinajstić information content (AvgIpc) is 2.88. The van der Waals surface area contributed by atoms with Crippen LogP contribution in [0.15, 0.2) is 16.3 Å². The van der Waals surface area contributed by atoms with Crippen LogP contribution >= 0.6 is 11.3 Å². The Bertz CT molecular complexity index is 512. The van der Waals surface area contributed by atoms with Crippen molar-refractivity contribution < 1.29 is 13.2 Å². The second-order valence-corrected chi connectivity index (χ2v) is 7.95. The molecule has 0 aliphatic heterocycles. The number of rotatable bonds is 10. The SMILES string of the molecule is CCCNCc1sccc1S(=O)(=O)N(CCOC)C(C)C. The summed E-state index contributed by atoms with van der Waals surface area (Å²) in [6.07, 6.45) is 1.03. The topological polar surface area (TPSA) is 58.6 Å². The zero-order valence-corrected chi connectivity index (χ0v) is 14.9. The third kappa shape index (κ3) is 5.03. The maximum atomic E-state index is 12.8. The Morgan fingerprint density at radius 1 is 1.43 bits per heavy atom. The second-order valence-electron chi connectivity index (χ2n) is 5.09. The van der Waals surface area contributed by atoms with Crippen molar-refractivity contribution in [3.63, 3.8) is 0 Å².